The van der Waals surface area contributed by atoms with Crippen molar-refractivity contribution in [2.24, 2.45) is 0 Å². The van der Waals surface area contributed by atoms with Crippen LogP contribution in [0.2, 0.25) is 0 Å². The first-order valence-corrected chi connectivity index (χ1v) is 8.67. The molecule has 1 unspecified atom stereocenters. The first-order valence-electron chi connectivity index (χ1n) is 8.67. The van der Waals surface area contributed by atoms with Crippen molar-refractivity contribution >= 4 is 11.6 Å². The molecular weight excluding hydrogens is 326 g/mol. The van der Waals surface area contributed by atoms with Gasteiger partial charge in [0, 0.05) is 17.5 Å². The average Bonchev–Trinajstić information content (AvgIpc) is 2.66. The van der Waals surface area contributed by atoms with Crippen LogP contribution in [-0.2, 0) is 11.2 Å². The van der Waals surface area contributed by atoms with Gasteiger partial charge in [0.15, 0.2) is 17.7 Å². The van der Waals surface area contributed by atoms with Crippen molar-refractivity contribution in [3.63, 3.8) is 0 Å². The first kappa shape index (κ1) is 19.8. The normalized spacial score (nSPS) is 12.4. The highest BCUT2D eigenvalue weighted by atomic mass is 16.3. The molecule has 0 saturated carbocycles. The third kappa shape index (κ3) is 5.48. The Morgan fingerprint density at radius 1 is 1.04 bits per heavy atom. The summed E-state index contributed by atoms with van der Waals surface area (Å²) in [6.07, 6.45) is 0.933. The molecule has 136 valence electrons. The van der Waals surface area contributed by atoms with Crippen molar-refractivity contribution in [3.05, 3.63) is 83.9 Å². The minimum absolute atomic E-state index is 0.0133. The molecule has 4 nitrogen and oxygen atoms in total. The van der Waals surface area contributed by atoms with Gasteiger partial charge in [-0.15, -0.1) is 0 Å². The standard InChI is InChI=1S/C22H26NO3/c1-4-20(24)21(25)16-23(2,3)15-14-17-10-12-19(13-11-17)22(26)18-8-6-5-7-9-18/h4-13,21,25H,1,14-16H2,2-3H3/q+1. The number of carbonyl (C=O) groups excluding carboxylic acids is 2. The van der Waals surface area contributed by atoms with E-state index in [-0.39, 0.29) is 11.6 Å². The number of likely N-dealkylation sites (N-methyl/N-ethyl adjacent to an activating group) is 1. The maximum atomic E-state index is 12.4. The van der Waals surface area contributed by atoms with Gasteiger partial charge in [0.05, 0.1) is 20.6 Å². The number of nitrogens with zero attached hydrogens (tertiary/aromatic N) is 1. The van der Waals surface area contributed by atoms with Gasteiger partial charge in [0.1, 0.15) is 6.54 Å². The summed E-state index contributed by atoms with van der Waals surface area (Å²) in [4.78, 5) is 23.9. The predicted molar refractivity (Wildman–Crippen MR) is 103 cm³/mol. The molecule has 0 amide bonds. The molecular formula is C22H26NO3+. The highest BCUT2D eigenvalue weighted by Gasteiger charge is 2.24. The number of rotatable bonds is 9. The van der Waals surface area contributed by atoms with Gasteiger partial charge >= 0.3 is 0 Å². The van der Waals surface area contributed by atoms with Crippen LogP contribution in [0, 0.1) is 0 Å². The van der Waals surface area contributed by atoms with Gasteiger partial charge in [-0.2, -0.15) is 0 Å². The summed E-state index contributed by atoms with van der Waals surface area (Å²) in [6, 6.07) is 16.8. The number of benzene rings is 2. The second-order valence-corrected chi connectivity index (χ2v) is 7.11. The molecule has 0 saturated heterocycles. The number of hydrogen-bond acceptors (Lipinski definition) is 3. The lowest BCUT2D eigenvalue weighted by Crippen LogP contribution is -2.48. The Hall–Kier alpha value is -2.56. The van der Waals surface area contributed by atoms with E-state index in [0.29, 0.717) is 22.2 Å². The molecule has 1 N–H and O–H groups in total. The van der Waals surface area contributed by atoms with Crippen LogP contribution in [0.25, 0.3) is 0 Å². The molecule has 0 aromatic heterocycles. The number of ketones is 2. The number of carbonyl (C=O) groups is 2. The predicted octanol–water partition coefficient (Wildman–Crippen LogP) is 2.65. The Balaban J connectivity index is 1.95. The summed E-state index contributed by atoms with van der Waals surface area (Å²) in [5.41, 5.74) is 2.46. The van der Waals surface area contributed by atoms with E-state index < -0.39 is 6.10 Å². The molecule has 2 aromatic carbocycles. The third-order valence-electron chi connectivity index (χ3n) is 4.45. The van der Waals surface area contributed by atoms with Gasteiger partial charge in [-0.05, 0) is 11.6 Å². The minimum Gasteiger partial charge on any atom is -0.379 e. The lowest BCUT2D eigenvalue weighted by atomic mass is 10.0. The Bertz CT molecular complexity index is 764. The zero-order chi connectivity index (χ0) is 19.2. The van der Waals surface area contributed by atoms with Crippen LogP contribution in [0.1, 0.15) is 21.5 Å². The highest BCUT2D eigenvalue weighted by Crippen LogP contribution is 2.13. The van der Waals surface area contributed by atoms with E-state index in [4.69, 9.17) is 0 Å². The molecule has 0 aliphatic rings. The third-order valence-corrected chi connectivity index (χ3v) is 4.45. The quantitative estimate of drug-likeness (QED) is 0.429. The SMILES string of the molecule is C=CC(=O)C(O)C[N+](C)(C)CCc1ccc(C(=O)c2ccccc2)cc1. The van der Waals surface area contributed by atoms with E-state index in [1.165, 1.54) is 0 Å². The van der Waals surface area contributed by atoms with Crippen LogP contribution in [0.4, 0.5) is 0 Å². The van der Waals surface area contributed by atoms with Crippen molar-refractivity contribution in [2.45, 2.75) is 12.5 Å². The van der Waals surface area contributed by atoms with Crippen LogP contribution >= 0.6 is 0 Å². The summed E-state index contributed by atoms with van der Waals surface area (Å²) in [5, 5.41) is 9.88. The molecule has 0 heterocycles. The average molecular weight is 352 g/mol. The Kier molecular flexibility index (Phi) is 6.61. The summed E-state index contributed by atoms with van der Waals surface area (Å²) in [5.74, 6) is -0.334. The minimum atomic E-state index is -1.02. The monoisotopic (exact) mass is 352 g/mol. The fraction of sp³-hybridized carbons (Fsp3) is 0.273. The van der Waals surface area contributed by atoms with E-state index in [0.717, 1.165) is 24.6 Å². The Morgan fingerprint density at radius 3 is 2.19 bits per heavy atom. The van der Waals surface area contributed by atoms with Crippen molar-refractivity contribution in [1.29, 1.82) is 0 Å². The largest absolute Gasteiger partial charge is 0.379 e. The molecule has 0 aliphatic heterocycles. The van der Waals surface area contributed by atoms with Crippen molar-refractivity contribution in [2.75, 3.05) is 27.2 Å². The first-order chi connectivity index (χ1) is 12.3. The fourth-order valence-electron chi connectivity index (χ4n) is 2.80. The van der Waals surface area contributed by atoms with Crippen LogP contribution < -0.4 is 0 Å². The second-order valence-electron chi connectivity index (χ2n) is 7.11. The van der Waals surface area contributed by atoms with Gasteiger partial charge in [-0.1, -0.05) is 61.2 Å². The topological polar surface area (TPSA) is 54.4 Å². The molecule has 4 heteroatoms. The smallest absolute Gasteiger partial charge is 0.193 e. The number of quaternary nitrogens is 1. The molecule has 0 bridgehead atoms. The highest BCUT2D eigenvalue weighted by molar-refractivity contribution is 6.08. The van der Waals surface area contributed by atoms with E-state index in [1.807, 2.05) is 68.7 Å². The van der Waals surface area contributed by atoms with E-state index in [9.17, 15) is 14.7 Å². The number of aliphatic hydroxyl groups excluding tert-OH is 1. The molecule has 0 aliphatic carbocycles. The van der Waals surface area contributed by atoms with E-state index >= 15 is 0 Å². The molecule has 26 heavy (non-hydrogen) atoms. The molecule has 0 fully saturated rings. The molecule has 0 spiro atoms. The lowest BCUT2D eigenvalue weighted by molar-refractivity contribution is -0.892. The van der Waals surface area contributed by atoms with Crippen molar-refractivity contribution in [1.82, 2.24) is 0 Å². The van der Waals surface area contributed by atoms with Gasteiger partial charge < -0.3 is 9.59 Å². The van der Waals surface area contributed by atoms with Gasteiger partial charge in [0.25, 0.3) is 0 Å². The summed E-state index contributed by atoms with van der Waals surface area (Å²) in [6.45, 7) is 4.52. The van der Waals surface area contributed by atoms with Crippen molar-refractivity contribution in [3.8, 4) is 0 Å². The summed E-state index contributed by atoms with van der Waals surface area (Å²) >= 11 is 0. The summed E-state index contributed by atoms with van der Waals surface area (Å²) in [7, 11) is 3.96. The Labute approximate surface area is 155 Å². The maximum absolute atomic E-state index is 12.4. The summed E-state index contributed by atoms with van der Waals surface area (Å²) < 4.78 is 0.519. The lowest BCUT2D eigenvalue weighted by Gasteiger charge is -2.31. The van der Waals surface area contributed by atoms with Gasteiger partial charge in [-0.25, -0.2) is 0 Å². The molecule has 1 atom stereocenters. The van der Waals surface area contributed by atoms with E-state index in [1.54, 1.807) is 0 Å². The maximum Gasteiger partial charge on any atom is 0.193 e. The molecule has 2 aromatic rings. The van der Waals surface area contributed by atoms with E-state index in [2.05, 4.69) is 6.58 Å². The fourth-order valence-corrected chi connectivity index (χ4v) is 2.80. The zero-order valence-corrected chi connectivity index (χ0v) is 15.4. The van der Waals surface area contributed by atoms with Gasteiger partial charge in [0.2, 0.25) is 0 Å². The van der Waals surface area contributed by atoms with Crippen LogP contribution in [0.5, 0.6) is 0 Å². The second kappa shape index (κ2) is 8.70. The van der Waals surface area contributed by atoms with Crippen LogP contribution in [0.3, 0.4) is 0 Å². The van der Waals surface area contributed by atoms with Crippen molar-refractivity contribution < 1.29 is 19.2 Å². The number of aliphatic hydroxyl groups is 1. The zero-order valence-electron chi connectivity index (χ0n) is 15.4. The van der Waals surface area contributed by atoms with Crippen LogP contribution in [-0.4, -0.2) is 54.4 Å². The van der Waals surface area contributed by atoms with Gasteiger partial charge in [-0.3, -0.25) is 9.59 Å². The molecule has 2 rings (SSSR count). The van der Waals surface area contributed by atoms with Crippen LogP contribution in [0.15, 0.2) is 67.3 Å². The number of hydrogen-bond donors (Lipinski definition) is 1. The Morgan fingerprint density at radius 2 is 1.62 bits per heavy atom. The molecule has 0 radical (unpaired) electrons.